The minimum absolute atomic E-state index is 0.00106. The van der Waals surface area contributed by atoms with Crippen LogP contribution >= 0.6 is 45.8 Å². The van der Waals surface area contributed by atoms with E-state index >= 15 is 0 Å². The number of rotatable bonds is 3. The Labute approximate surface area is 158 Å². The second kappa shape index (κ2) is 6.89. The quantitative estimate of drug-likeness (QED) is 0.259. The number of carbonyl (C=O) groups is 1. The Morgan fingerprint density at radius 3 is 2.05 bits per heavy atom. The van der Waals surface area contributed by atoms with Gasteiger partial charge in [0.05, 0.1) is 0 Å². The second-order valence-electron chi connectivity index (χ2n) is 4.63. The first-order valence-corrected chi connectivity index (χ1v) is 9.95. The van der Waals surface area contributed by atoms with Crippen molar-refractivity contribution in [2.24, 2.45) is 0 Å². The average molecular weight is 506 g/mol. The number of hydrogen-bond donors (Lipinski definition) is 0. The third kappa shape index (κ3) is 3.49. The standard InChI is InChI=1S/C17H9Cl2IOSe/c18-12-5-1-10(2-6-12)16(21)15-9-14(20)17(22-15)11-3-7-13(19)8-4-11/h1-9H. The summed E-state index contributed by atoms with van der Waals surface area (Å²) in [6, 6.07) is 16.8. The Kier molecular flexibility index (Phi) is 5.10. The van der Waals surface area contributed by atoms with Crippen LogP contribution in [0.4, 0.5) is 0 Å². The first-order chi connectivity index (χ1) is 10.5. The van der Waals surface area contributed by atoms with Crippen LogP contribution < -0.4 is 0 Å². The van der Waals surface area contributed by atoms with Gasteiger partial charge in [0.2, 0.25) is 0 Å². The van der Waals surface area contributed by atoms with Gasteiger partial charge in [-0.2, -0.15) is 0 Å². The van der Waals surface area contributed by atoms with Gasteiger partial charge < -0.3 is 0 Å². The first kappa shape index (κ1) is 16.3. The molecule has 3 rings (SSSR count). The summed E-state index contributed by atoms with van der Waals surface area (Å²) in [7, 11) is 0. The van der Waals surface area contributed by atoms with E-state index in [1.54, 1.807) is 24.3 Å². The summed E-state index contributed by atoms with van der Waals surface area (Å²) in [6.45, 7) is 0. The van der Waals surface area contributed by atoms with Crippen molar-refractivity contribution in [3.8, 4) is 10.0 Å². The van der Waals surface area contributed by atoms with Gasteiger partial charge in [-0.25, -0.2) is 0 Å². The van der Waals surface area contributed by atoms with Crippen LogP contribution in [0.25, 0.3) is 10.0 Å². The molecule has 1 nitrogen and oxygen atoms in total. The molecule has 0 fully saturated rings. The Balaban J connectivity index is 1.96. The molecule has 3 aromatic rings. The number of hydrogen-bond acceptors (Lipinski definition) is 1. The van der Waals surface area contributed by atoms with Gasteiger partial charge in [0, 0.05) is 0 Å². The van der Waals surface area contributed by atoms with Gasteiger partial charge in [-0.1, -0.05) is 0 Å². The zero-order valence-corrected chi connectivity index (χ0v) is 16.5. The fraction of sp³-hybridized carbons (Fsp3) is 0. The molecule has 2 aromatic carbocycles. The van der Waals surface area contributed by atoms with Crippen LogP contribution in [0.1, 0.15) is 14.8 Å². The molecule has 0 aliphatic rings. The van der Waals surface area contributed by atoms with E-state index in [4.69, 9.17) is 23.2 Å². The topological polar surface area (TPSA) is 17.1 Å². The number of ketones is 1. The summed E-state index contributed by atoms with van der Waals surface area (Å²) in [5.74, 6) is 0.0785. The van der Waals surface area contributed by atoms with E-state index in [2.05, 4.69) is 22.6 Å². The van der Waals surface area contributed by atoms with Crippen LogP contribution in [-0.2, 0) is 0 Å². The molecule has 0 spiro atoms. The van der Waals surface area contributed by atoms with Crippen LogP contribution in [0.15, 0.2) is 54.6 Å². The van der Waals surface area contributed by atoms with Crippen LogP contribution in [-0.4, -0.2) is 20.3 Å². The Morgan fingerprint density at radius 2 is 1.45 bits per heavy atom. The zero-order chi connectivity index (χ0) is 15.7. The van der Waals surface area contributed by atoms with Gasteiger partial charge in [-0.15, -0.1) is 0 Å². The Bertz CT molecular complexity index is 823. The first-order valence-electron chi connectivity index (χ1n) is 6.40. The molecule has 0 atom stereocenters. The molecule has 0 amide bonds. The van der Waals surface area contributed by atoms with Crippen molar-refractivity contribution in [3.05, 3.63) is 78.2 Å². The van der Waals surface area contributed by atoms with E-state index in [0.29, 0.717) is 10.6 Å². The normalized spacial score (nSPS) is 10.7. The van der Waals surface area contributed by atoms with Crippen molar-refractivity contribution in [1.82, 2.24) is 0 Å². The second-order valence-corrected chi connectivity index (χ2v) is 8.87. The third-order valence-electron chi connectivity index (χ3n) is 3.12. The van der Waals surface area contributed by atoms with Crippen molar-refractivity contribution in [1.29, 1.82) is 0 Å². The third-order valence-corrected chi connectivity index (χ3v) is 7.78. The van der Waals surface area contributed by atoms with E-state index < -0.39 is 0 Å². The number of halogens is 3. The molecule has 0 aliphatic carbocycles. The van der Waals surface area contributed by atoms with Gasteiger partial charge in [0.15, 0.2) is 0 Å². The van der Waals surface area contributed by atoms with E-state index in [1.807, 2.05) is 30.3 Å². The van der Waals surface area contributed by atoms with E-state index in [1.165, 1.54) is 4.44 Å². The van der Waals surface area contributed by atoms with Gasteiger partial charge in [-0.05, 0) is 0 Å². The molecule has 0 aliphatic heterocycles. The molecule has 0 saturated heterocycles. The molecule has 5 heteroatoms. The summed E-state index contributed by atoms with van der Waals surface area (Å²) in [4.78, 5) is 12.6. The summed E-state index contributed by atoms with van der Waals surface area (Å²) in [5.41, 5.74) is 1.81. The fourth-order valence-electron chi connectivity index (χ4n) is 2.02. The maximum atomic E-state index is 12.6. The van der Waals surface area contributed by atoms with Gasteiger partial charge >= 0.3 is 159 Å². The maximum absolute atomic E-state index is 12.6. The minimum atomic E-state index is 0.00106. The molecule has 22 heavy (non-hydrogen) atoms. The molecule has 0 saturated carbocycles. The predicted molar refractivity (Wildman–Crippen MR) is 101 cm³/mol. The van der Waals surface area contributed by atoms with Crippen LogP contribution in [0.5, 0.6) is 0 Å². The predicted octanol–water partition coefficient (Wildman–Crippen LogP) is 5.55. The van der Waals surface area contributed by atoms with Crippen molar-refractivity contribution in [3.63, 3.8) is 0 Å². The average Bonchev–Trinajstić information content (AvgIpc) is 2.90. The summed E-state index contributed by atoms with van der Waals surface area (Å²) >= 11 is 14.1. The van der Waals surface area contributed by atoms with Crippen molar-refractivity contribution in [2.45, 2.75) is 0 Å². The summed E-state index contributed by atoms with van der Waals surface area (Å²) < 4.78 is 3.21. The molecule has 0 N–H and O–H groups in total. The fourth-order valence-corrected chi connectivity index (χ4v) is 6.08. The van der Waals surface area contributed by atoms with Crippen molar-refractivity contribution < 1.29 is 4.79 Å². The molecule has 0 unspecified atom stereocenters. The molecule has 1 aromatic heterocycles. The zero-order valence-electron chi connectivity index (χ0n) is 11.1. The molecule has 0 radical (unpaired) electrons. The van der Waals surface area contributed by atoms with Crippen LogP contribution in [0.3, 0.4) is 0 Å². The van der Waals surface area contributed by atoms with Crippen LogP contribution in [0.2, 0.25) is 10.0 Å². The van der Waals surface area contributed by atoms with Crippen molar-refractivity contribution >= 4 is 66.1 Å². The summed E-state index contributed by atoms with van der Waals surface area (Å²) in [5, 5.41) is 1.35. The Hall–Kier alpha value is -0.581. The number of carbonyl (C=O) groups excluding carboxylic acids is 1. The monoisotopic (exact) mass is 506 g/mol. The molecular weight excluding hydrogens is 497 g/mol. The SMILES string of the molecule is O=C(c1ccc(Cl)cc1)c1cc(I)c(-c2ccc(Cl)cc2)[se]1. The molecule has 0 bridgehead atoms. The Morgan fingerprint density at radius 1 is 0.909 bits per heavy atom. The molecule has 1 heterocycles. The van der Waals surface area contributed by atoms with Gasteiger partial charge in [0.25, 0.3) is 0 Å². The van der Waals surface area contributed by atoms with E-state index in [9.17, 15) is 4.79 Å². The molecular formula is C17H9Cl2IOSe. The molecule has 110 valence electrons. The van der Waals surface area contributed by atoms with E-state index in [0.717, 1.165) is 18.6 Å². The van der Waals surface area contributed by atoms with Crippen molar-refractivity contribution in [2.75, 3.05) is 0 Å². The van der Waals surface area contributed by atoms with E-state index in [-0.39, 0.29) is 20.3 Å². The van der Waals surface area contributed by atoms with Gasteiger partial charge in [-0.3, -0.25) is 0 Å². The number of benzene rings is 2. The summed E-state index contributed by atoms with van der Waals surface area (Å²) in [6.07, 6.45) is 0. The van der Waals surface area contributed by atoms with Gasteiger partial charge in [0.1, 0.15) is 0 Å². The van der Waals surface area contributed by atoms with Crippen LogP contribution in [0, 0.1) is 3.57 Å².